The van der Waals surface area contributed by atoms with Crippen molar-refractivity contribution in [2.75, 3.05) is 18.1 Å². The summed E-state index contributed by atoms with van der Waals surface area (Å²) < 4.78 is 83.7. The number of H-pyrrole nitrogens is 1. The van der Waals surface area contributed by atoms with Gasteiger partial charge in [-0.25, -0.2) is 4.39 Å². The van der Waals surface area contributed by atoms with Gasteiger partial charge in [-0.05, 0) is 12.5 Å². The molecular weight excluding hydrogens is 763 g/mol. The van der Waals surface area contributed by atoms with Crippen LogP contribution in [0.25, 0.3) is 10.9 Å². The van der Waals surface area contributed by atoms with Crippen molar-refractivity contribution in [3.63, 3.8) is 0 Å². The molecule has 48 heavy (non-hydrogen) atoms. The Morgan fingerprint density at radius 1 is 1.19 bits per heavy atom. The van der Waals surface area contributed by atoms with Crippen LogP contribution in [0.2, 0.25) is 4.87 Å². The van der Waals surface area contributed by atoms with Crippen LogP contribution in [0.5, 0.6) is 5.75 Å². The molecule has 4 aromatic rings. The molecule has 0 saturated heterocycles. The molecule has 2 atom stereocenters. The van der Waals surface area contributed by atoms with Crippen LogP contribution in [-0.2, 0) is 17.8 Å². The van der Waals surface area contributed by atoms with Gasteiger partial charge in [0.15, 0.2) is 11.6 Å². The molecular formula is C33H33F5N5O3SSb. The fraction of sp³-hybridized carbons (Fsp3) is 0.364. The van der Waals surface area contributed by atoms with E-state index in [9.17, 15) is 9.90 Å². The van der Waals surface area contributed by atoms with E-state index in [1.165, 1.54) is 34.8 Å². The summed E-state index contributed by atoms with van der Waals surface area (Å²) in [6.07, 6.45) is 3.72. The second-order valence-corrected chi connectivity index (χ2v) is 19.1. The molecule has 0 radical (unpaired) electrons. The molecule has 0 fully saturated rings. The summed E-state index contributed by atoms with van der Waals surface area (Å²) in [6, 6.07) is 7.75. The van der Waals surface area contributed by atoms with Crippen molar-refractivity contribution in [1.82, 2.24) is 25.1 Å². The molecule has 8 nitrogen and oxygen atoms in total. The number of halogens is 5. The molecule has 0 amide bonds. The predicted octanol–water partition coefficient (Wildman–Crippen LogP) is 7.34. The number of hydrogen-bond donors (Lipinski definition) is 3. The first-order valence-corrected chi connectivity index (χ1v) is 22.0. The van der Waals surface area contributed by atoms with Gasteiger partial charge in [0.05, 0.1) is 5.52 Å². The summed E-state index contributed by atoms with van der Waals surface area (Å²) in [5.41, 5.74) is 1.70. The number of aryl methyl sites for hydroxylation is 2. The molecule has 4 bridgehead atoms. The molecule has 2 aliphatic rings. The fourth-order valence-corrected chi connectivity index (χ4v) is 9.46. The Bertz CT molecular complexity index is 1910. The zero-order valence-electron chi connectivity index (χ0n) is 26.1. The van der Waals surface area contributed by atoms with Crippen LogP contribution < -0.4 is 10.1 Å². The normalized spacial score (nSPS) is 20.3. The molecule has 0 saturated carbocycles. The van der Waals surface area contributed by atoms with Crippen molar-refractivity contribution in [2.24, 2.45) is 7.05 Å². The van der Waals surface area contributed by atoms with Gasteiger partial charge in [-0.1, -0.05) is 0 Å². The third kappa shape index (κ3) is 7.30. The third-order valence-corrected chi connectivity index (χ3v) is 13.7. The molecule has 3 N–H and O–H groups in total. The van der Waals surface area contributed by atoms with Crippen LogP contribution in [-0.4, -0.2) is 73.0 Å². The van der Waals surface area contributed by atoms with Crippen molar-refractivity contribution in [2.45, 2.75) is 46.4 Å². The van der Waals surface area contributed by atoms with Gasteiger partial charge in [-0.15, -0.1) is 0 Å². The van der Waals surface area contributed by atoms with Crippen LogP contribution in [0, 0.1) is 11.6 Å². The van der Waals surface area contributed by atoms with Crippen LogP contribution in [0.3, 0.4) is 0 Å². The number of hydrogen-bond acceptors (Lipinski definition) is 6. The van der Waals surface area contributed by atoms with E-state index < -0.39 is 72.4 Å². The van der Waals surface area contributed by atoms with Gasteiger partial charge in [0.25, 0.3) is 0 Å². The second-order valence-electron chi connectivity index (χ2n) is 11.9. The number of aromatic nitrogens is 4. The van der Waals surface area contributed by atoms with Gasteiger partial charge in [0.2, 0.25) is 5.82 Å². The average Bonchev–Trinajstić information content (AvgIpc) is 3.68. The first-order chi connectivity index (χ1) is 22.9. The number of alkyl halides is 2. The van der Waals surface area contributed by atoms with E-state index >= 15 is 22.0 Å². The van der Waals surface area contributed by atoms with Gasteiger partial charge < -0.3 is 4.98 Å². The number of nitrogens with zero attached hydrogens (tertiary/aromatic N) is 3. The molecule has 2 aromatic heterocycles. The van der Waals surface area contributed by atoms with E-state index in [-0.39, 0.29) is 47.3 Å². The Hall–Kier alpha value is -3.35. The number of aromatic amines is 1. The van der Waals surface area contributed by atoms with Crippen molar-refractivity contribution >= 4 is 46.8 Å². The molecule has 3 heterocycles. The molecule has 15 heteroatoms. The Kier molecular flexibility index (Phi) is 10.2. The number of benzene rings is 2. The minimum absolute atomic E-state index is 0.0214. The summed E-state index contributed by atoms with van der Waals surface area (Å²) in [4.78, 5) is 20.7. The molecule has 1 aliphatic heterocycles. The third-order valence-electron chi connectivity index (χ3n) is 8.44. The maximum atomic E-state index is 15.5. The van der Waals surface area contributed by atoms with Gasteiger partial charge in [0.1, 0.15) is 0 Å². The summed E-state index contributed by atoms with van der Waals surface area (Å²) >= 11 is -1.34. The Morgan fingerprint density at radius 3 is 2.79 bits per heavy atom. The van der Waals surface area contributed by atoms with Crippen LogP contribution in [0.4, 0.5) is 26.7 Å². The summed E-state index contributed by atoms with van der Waals surface area (Å²) in [6.45, 7) is -0.700. The van der Waals surface area contributed by atoms with Gasteiger partial charge in [-0.2, -0.15) is 4.39 Å². The van der Waals surface area contributed by atoms with Crippen LogP contribution >= 0.6 is 11.8 Å². The van der Waals surface area contributed by atoms with E-state index in [1.54, 1.807) is 42.2 Å². The number of rotatable bonds is 4. The Labute approximate surface area is 284 Å². The monoisotopic (exact) mass is 795 g/mol. The van der Waals surface area contributed by atoms with Gasteiger partial charge in [0, 0.05) is 17.1 Å². The molecule has 2 unspecified atom stereocenters. The van der Waals surface area contributed by atoms with Crippen LogP contribution in [0.15, 0.2) is 60.3 Å². The van der Waals surface area contributed by atoms with E-state index in [4.69, 9.17) is 4.74 Å². The Morgan fingerprint density at radius 2 is 2.00 bits per heavy atom. The van der Waals surface area contributed by atoms with E-state index in [2.05, 4.69) is 20.4 Å². The summed E-state index contributed by atoms with van der Waals surface area (Å²) in [7, 11) is 1.56. The van der Waals surface area contributed by atoms with E-state index in [0.29, 0.717) is 26.6 Å². The SMILES string of the molecule is Cn1nc2nc1C1CC(=CC=C1F)Oc1c(F)c(F)c3[nH]ccc3c1CCSCCC(F)(F)CNC2c1cccc([CH2][Sb]([CH3])[C](=O)O)c1. The number of thioether (sulfide) groups is 1. The minimum atomic E-state index is -3.12. The molecule has 6 rings (SSSR count). The van der Waals surface area contributed by atoms with Gasteiger partial charge in [-0.3, -0.25) is 0 Å². The number of ether oxygens (including phenoxy) is 1. The zero-order valence-corrected chi connectivity index (χ0v) is 29.4. The van der Waals surface area contributed by atoms with E-state index in [1.807, 2.05) is 0 Å². The second kappa shape index (κ2) is 14.2. The molecule has 2 aromatic carbocycles. The summed E-state index contributed by atoms with van der Waals surface area (Å²) in [5.74, 6) is -6.38. The molecule has 0 spiro atoms. The van der Waals surface area contributed by atoms with Gasteiger partial charge >= 0.3 is 220 Å². The Balaban J connectivity index is 1.39. The average molecular weight is 796 g/mol. The number of fused-ring (bicyclic) bond motifs is 8. The van der Waals surface area contributed by atoms with Crippen molar-refractivity contribution in [3.8, 4) is 5.75 Å². The number of carbonyl (C=O) groups is 1. The number of carboxylic acid groups (broad SMARTS) is 1. The molecule has 254 valence electrons. The predicted molar refractivity (Wildman–Crippen MR) is 175 cm³/mol. The van der Waals surface area contributed by atoms with Crippen LogP contribution in [0.1, 0.15) is 53.1 Å². The van der Waals surface area contributed by atoms with Crippen molar-refractivity contribution in [1.29, 1.82) is 0 Å². The van der Waals surface area contributed by atoms with Crippen molar-refractivity contribution in [3.05, 3.63) is 100 Å². The number of allylic oxidation sites excluding steroid dienone is 4. The first kappa shape index (κ1) is 34.5. The quantitative estimate of drug-likeness (QED) is 0.147. The topological polar surface area (TPSA) is 105 Å². The number of nitrogens with one attached hydrogen (secondary N) is 2. The first-order valence-electron chi connectivity index (χ1n) is 15.3. The standard InChI is InChI=1S/C31H29F5N5OS.CHO2.CH3.Sb/c1-17-4-3-5-18(14-17)26-29-39-30(41(2)40-29)22-15-19(6-7-23(22)32)42-28-21(9-12-43-13-10-31(35,36)16-38-26)20-8-11-37-27(20)24(33)25(28)34;2-1-3;;/h3-8,11,14,22,26,37-38H,1,9-10,12-13,15-16H2,2H3;(H,2,3);1H3;. The molecule has 1 aliphatic carbocycles. The summed E-state index contributed by atoms with van der Waals surface area (Å²) in [5, 5.41) is 17.3. The zero-order chi connectivity index (χ0) is 34.2. The fourth-order valence-electron chi connectivity index (χ4n) is 5.95. The van der Waals surface area contributed by atoms with Crippen molar-refractivity contribution < 1.29 is 36.6 Å². The van der Waals surface area contributed by atoms with E-state index in [0.717, 1.165) is 5.56 Å². The maximum absolute atomic E-state index is 15.5.